The summed E-state index contributed by atoms with van der Waals surface area (Å²) in [6.07, 6.45) is 0.274. The fraction of sp³-hybridized carbons (Fsp3) is 0.400. The molecule has 10 nitrogen and oxygen atoms in total. The molecule has 2 atom stereocenters. The number of hydrogen-bond donors (Lipinski definition) is 2. The van der Waals surface area contributed by atoms with Crippen LogP contribution in [0.1, 0.15) is 52.1 Å². The lowest BCUT2D eigenvalue weighted by Gasteiger charge is -2.27. The second-order valence-corrected chi connectivity index (χ2v) is 9.53. The fourth-order valence-electron chi connectivity index (χ4n) is 4.05. The van der Waals surface area contributed by atoms with Gasteiger partial charge in [0.25, 0.3) is 11.8 Å². The van der Waals surface area contributed by atoms with Gasteiger partial charge in [-0.1, -0.05) is 12.1 Å². The Labute approximate surface area is 212 Å². The Morgan fingerprint density at radius 3 is 2.56 bits per heavy atom. The molecule has 2 N–H and O–H groups in total. The Bertz CT molecular complexity index is 1170. The van der Waals surface area contributed by atoms with E-state index in [1.54, 1.807) is 30.3 Å². The van der Waals surface area contributed by atoms with Crippen LogP contribution in [0.5, 0.6) is 11.5 Å². The predicted molar refractivity (Wildman–Crippen MR) is 136 cm³/mol. The number of fused-ring (bicyclic) bond motifs is 1. The molecule has 0 radical (unpaired) electrons. The van der Waals surface area contributed by atoms with Crippen LogP contribution in [0.25, 0.3) is 0 Å². The molecule has 2 unspecified atom stereocenters. The van der Waals surface area contributed by atoms with Crippen LogP contribution in [0.4, 0.5) is 5.69 Å². The fourth-order valence-corrected chi connectivity index (χ4v) is 4.48. The zero-order valence-electron chi connectivity index (χ0n) is 20.8. The van der Waals surface area contributed by atoms with Crippen molar-refractivity contribution in [1.29, 1.82) is 0 Å². The Balaban J connectivity index is 1.99. The van der Waals surface area contributed by atoms with Gasteiger partial charge in [-0.3, -0.25) is 19.3 Å². The molecule has 1 aliphatic rings. The van der Waals surface area contributed by atoms with Crippen molar-refractivity contribution in [2.24, 2.45) is 0 Å². The highest BCUT2D eigenvalue weighted by atomic mass is 32.2. The normalized spacial score (nSPS) is 14.6. The van der Waals surface area contributed by atoms with Gasteiger partial charge in [-0.25, -0.2) is 4.21 Å². The average molecular weight is 518 g/mol. The van der Waals surface area contributed by atoms with Gasteiger partial charge in [-0.05, 0) is 57.3 Å². The molecule has 3 rings (SSSR count). The van der Waals surface area contributed by atoms with Crippen molar-refractivity contribution in [3.05, 3.63) is 53.1 Å². The number of ether oxygens (including phenoxy) is 2. The Morgan fingerprint density at radius 1 is 1.17 bits per heavy atom. The lowest BCUT2D eigenvalue weighted by molar-refractivity contribution is -0.116. The summed E-state index contributed by atoms with van der Waals surface area (Å²) >= 11 is -2.13. The first kappa shape index (κ1) is 27.3. The summed E-state index contributed by atoms with van der Waals surface area (Å²) in [5.74, 6) is -0.641. The first-order valence-electron chi connectivity index (χ1n) is 11.5. The molecule has 11 heteroatoms. The molecule has 0 fully saturated rings. The molecule has 3 amide bonds. The van der Waals surface area contributed by atoms with E-state index in [2.05, 4.69) is 5.32 Å². The third-order valence-electron chi connectivity index (χ3n) is 5.76. The van der Waals surface area contributed by atoms with Gasteiger partial charge < -0.3 is 24.2 Å². The van der Waals surface area contributed by atoms with E-state index < -0.39 is 28.9 Å². The van der Waals surface area contributed by atoms with Crippen LogP contribution in [0.15, 0.2) is 36.4 Å². The summed E-state index contributed by atoms with van der Waals surface area (Å²) in [6, 6.07) is 8.91. The quantitative estimate of drug-likeness (QED) is 0.325. The van der Waals surface area contributed by atoms with Gasteiger partial charge >= 0.3 is 0 Å². The minimum absolute atomic E-state index is 0.0526. The highest BCUT2D eigenvalue weighted by Crippen LogP contribution is 2.39. The second-order valence-electron chi connectivity index (χ2n) is 8.48. The van der Waals surface area contributed by atoms with E-state index in [0.717, 1.165) is 4.90 Å². The molecule has 0 saturated heterocycles. The maximum absolute atomic E-state index is 13.6. The van der Waals surface area contributed by atoms with E-state index in [4.69, 9.17) is 9.47 Å². The maximum Gasteiger partial charge on any atom is 0.264 e. The molecule has 1 aliphatic heterocycles. The zero-order valence-corrected chi connectivity index (χ0v) is 21.6. The summed E-state index contributed by atoms with van der Waals surface area (Å²) in [6.45, 7) is 2.71. The van der Waals surface area contributed by atoms with Crippen molar-refractivity contribution in [2.75, 3.05) is 45.4 Å². The third-order valence-corrected chi connectivity index (χ3v) is 6.34. The SMILES string of the molecule is CCOc1cc(C(CCS(=O)O)N2C(=O)c3cccc(NC(=O)CCN(C)C)c3C2=O)ccc1OC. The molecule has 0 spiro atoms. The van der Waals surface area contributed by atoms with Crippen LogP contribution in [0.3, 0.4) is 0 Å². The molecular formula is C25H31N3O7S. The first-order valence-corrected chi connectivity index (χ1v) is 12.8. The van der Waals surface area contributed by atoms with E-state index in [1.165, 1.54) is 13.2 Å². The molecule has 0 aromatic heterocycles. The average Bonchev–Trinajstić information content (AvgIpc) is 3.09. The zero-order chi connectivity index (χ0) is 26.4. The first-order chi connectivity index (χ1) is 17.2. The van der Waals surface area contributed by atoms with Gasteiger partial charge in [0.2, 0.25) is 5.91 Å². The molecule has 0 saturated carbocycles. The van der Waals surface area contributed by atoms with E-state index >= 15 is 0 Å². The van der Waals surface area contributed by atoms with Gasteiger partial charge in [0.15, 0.2) is 22.6 Å². The molecule has 0 bridgehead atoms. The molecule has 36 heavy (non-hydrogen) atoms. The number of amides is 3. The van der Waals surface area contributed by atoms with Crippen LogP contribution < -0.4 is 14.8 Å². The van der Waals surface area contributed by atoms with Crippen molar-refractivity contribution in [2.45, 2.75) is 25.8 Å². The van der Waals surface area contributed by atoms with Crippen LogP contribution >= 0.6 is 0 Å². The summed E-state index contributed by atoms with van der Waals surface area (Å²) in [4.78, 5) is 42.5. The van der Waals surface area contributed by atoms with E-state index in [0.29, 0.717) is 30.2 Å². The molecule has 2 aromatic rings. The lowest BCUT2D eigenvalue weighted by Crippen LogP contribution is -2.35. The number of nitrogens with one attached hydrogen (secondary N) is 1. The minimum Gasteiger partial charge on any atom is -0.493 e. The standard InChI is InChI=1S/C25H31N3O7S/c1-5-35-21-15-16(9-10-20(21)34-4)19(12-14-36(32)33)28-24(30)17-7-6-8-18(23(17)25(28)31)26-22(29)11-13-27(2)3/h6-10,15,19H,5,11-14H2,1-4H3,(H,26,29)(H,32,33). The minimum atomic E-state index is -2.13. The number of methoxy groups -OCH3 is 1. The van der Waals surface area contributed by atoms with Crippen LogP contribution in [-0.4, -0.2) is 76.4 Å². The van der Waals surface area contributed by atoms with Gasteiger partial charge in [-0.2, -0.15) is 0 Å². The lowest BCUT2D eigenvalue weighted by atomic mass is 10.0. The van der Waals surface area contributed by atoms with Crippen LogP contribution in [0.2, 0.25) is 0 Å². The van der Waals surface area contributed by atoms with Crippen LogP contribution in [-0.2, 0) is 15.9 Å². The highest BCUT2D eigenvalue weighted by molar-refractivity contribution is 7.79. The smallest absolute Gasteiger partial charge is 0.264 e. The van der Waals surface area contributed by atoms with Gasteiger partial charge in [0.1, 0.15) is 0 Å². The topological polar surface area (TPSA) is 125 Å². The number of hydrogen-bond acceptors (Lipinski definition) is 7. The number of anilines is 1. The van der Waals surface area contributed by atoms with Crippen molar-refractivity contribution >= 4 is 34.5 Å². The highest BCUT2D eigenvalue weighted by Gasteiger charge is 2.42. The number of carbonyl (C=O) groups excluding carboxylic acids is 3. The molecule has 1 heterocycles. The molecule has 2 aromatic carbocycles. The predicted octanol–water partition coefficient (Wildman–Crippen LogP) is 2.93. The van der Waals surface area contributed by atoms with Crippen molar-refractivity contribution in [3.63, 3.8) is 0 Å². The Hall–Kier alpha value is -3.28. The molecular weight excluding hydrogens is 486 g/mol. The summed E-state index contributed by atoms with van der Waals surface area (Å²) < 4.78 is 31.9. The molecule has 194 valence electrons. The second kappa shape index (κ2) is 12.1. The van der Waals surface area contributed by atoms with E-state index in [9.17, 15) is 23.1 Å². The maximum atomic E-state index is 13.6. The Kier molecular flexibility index (Phi) is 9.19. The summed E-state index contributed by atoms with van der Waals surface area (Å²) in [5.41, 5.74) is 1.08. The third kappa shape index (κ3) is 6.10. The number of rotatable bonds is 12. The van der Waals surface area contributed by atoms with Crippen molar-refractivity contribution in [1.82, 2.24) is 9.80 Å². The van der Waals surface area contributed by atoms with Gasteiger partial charge in [0.05, 0.1) is 42.3 Å². The van der Waals surface area contributed by atoms with Gasteiger partial charge in [0, 0.05) is 13.0 Å². The largest absolute Gasteiger partial charge is 0.493 e. The Morgan fingerprint density at radius 2 is 1.92 bits per heavy atom. The monoisotopic (exact) mass is 517 g/mol. The van der Waals surface area contributed by atoms with Crippen molar-refractivity contribution < 1.29 is 32.6 Å². The molecule has 0 aliphatic carbocycles. The number of carbonyl (C=O) groups is 3. The van der Waals surface area contributed by atoms with Crippen molar-refractivity contribution in [3.8, 4) is 11.5 Å². The van der Waals surface area contributed by atoms with E-state index in [1.807, 2.05) is 25.9 Å². The summed E-state index contributed by atoms with van der Waals surface area (Å²) in [7, 11) is 5.20. The van der Waals surface area contributed by atoms with E-state index in [-0.39, 0.29) is 41.3 Å². The number of imide groups is 1. The van der Waals surface area contributed by atoms with Gasteiger partial charge in [-0.15, -0.1) is 0 Å². The van der Waals surface area contributed by atoms with Crippen LogP contribution in [0, 0.1) is 0 Å². The summed E-state index contributed by atoms with van der Waals surface area (Å²) in [5, 5.41) is 2.75. The number of benzene rings is 2. The number of nitrogens with zero attached hydrogens (tertiary/aromatic N) is 2.